The van der Waals surface area contributed by atoms with E-state index in [9.17, 15) is 4.79 Å². The lowest BCUT2D eigenvalue weighted by atomic mass is 9.98. The standard InChI is InChI=1S/C17H18ClN7O/c1-21-15(13-8-22-25(2)16(13)18)12(6-19)9-3-4-10-11(5-9)14(7-20)23-24-17(10)26/h3-6,8,19,21H,7,20H2,1-2H3,(H,24,26)/b15-12+,19-6?. The van der Waals surface area contributed by atoms with Crippen molar-refractivity contribution in [2.75, 3.05) is 7.05 Å². The number of aromatic nitrogens is 4. The molecule has 0 saturated carbocycles. The SMILES string of the molecule is CN/C(=C(\C=N)c1ccc2c(=O)[nH]nc(CN)c2c1)c1cnn(C)c1Cl. The minimum absolute atomic E-state index is 0.188. The molecule has 0 aliphatic heterocycles. The first kappa shape index (κ1) is 17.8. The van der Waals surface area contributed by atoms with Crippen molar-refractivity contribution in [3.63, 3.8) is 0 Å². The summed E-state index contributed by atoms with van der Waals surface area (Å²) in [6, 6.07) is 5.29. The Labute approximate surface area is 154 Å². The Bertz CT molecular complexity index is 1080. The molecule has 2 heterocycles. The summed E-state index contributed by atoms with van der Waals surface area (Å²) in [6.07, 6.45) is 2.87. The molecule has 3 aromatic rings. The predicted octanol–water partition coefficient (Wildman–Crippen LogP) is 1.51. The van der Waals surface area contributed by atoms with E-state index in [-0.39, 0.29) is 12.1 Å². The van der Waals surface area contributed by atoms with Crippen molar-refractivity contribution in [2.24, 2.45) is 12.8 Å². The summed E-state index contributed by atoms with van der Waals surface area (Å²) < 4.78 is 1.55. The van der Waals surface area contributed by atoms with Crippen LogP contribution >= 0.6 is 11.6 Å². The van der Waals surface area contributed by atoms with Gasteiger partial charge in [0, 0.05) is 37.8 Å². The second-order valence-electron chi connectivity index (χ2n) is 5.62. The molecule has 0 unspecified atom stereocenters. The van der Waals surface area contributed by atoms with Crippen molar-refractivity contribution in [3.05, 3.63) is 56.7 Å². The fourth-order valence-electron chi connectivity index (χ4n) is 2.85. The Hall–Kier alpha value is -2.97. The zero-order valence-electron chi connectivity index (χ0n) is 14.3. The number of H-pyrrole nitrogens is 1. The fourth-order valence-corrected chi connectivity index (χ4v) is 3.03. The Morgan fingerprint density at radius 3 is 2.81 bits per heavy atom. The number of benzene rings is 1. The van der Waals surface area contributed by atoms with Gasteiger partial charge in [0.2, 0.25) is 0 Å². The number of aryl methyl sites for hydroxylation is 1. The zero-order chi connectivity index (χ0) is 18.8. The van der Waals surface area contributed by atoms with Crippen molar-refractivity contribution >= 4 is 39.9 Å². The summed E-state index contributed by atoms with van der Waals surface area (Å²) in [5, 5.41) is 23.2. The molecule has 0 amide bonds. The van der Waals surface area contributed by atoms with Crippen LogP contribution in [0.25, 0.3) is 22.0 Å². The van der Waals surface area contributed by atoms with Crippen LogP contribution in [-0.2, 0) is 13.6 Å². The molecule has 0 atom stereocenters. The van der Waals surface area contributed by atoms with Gasteiger partial charge in [-0.05, 0) is 17.7 Å². The molecule has 0 saturated heterocycles. The van der Waals surface area contributed by atoms with E-state index in [0.717, 1.165) is 5.56 Å². The van der Waals surface area contributed by atoms with Gasteiger partial charge in [-0.2, -0.15) is 10.2 Å². The van der Waals surface area contributed by atoms with E-state index in [2.05, 4.69) is 20.6 Å². The Kier molecular flexibility index (Phi) is 4.88. The first-order valence-corrected chi connectivity index (χ1v) is 8.21. The third-order valence-corrected chi connectivity index (χ3v) is 4.62. The first-order valence-electron chi connectivity index (χ1n) is 7.84. The summed E-state index contributed by atoms with van der Waals surface area (Å²) in [4.78, 5) is 12.0. The molecule has 1 aromatic carbocycles. The number of nitrogens with zero attached hydrogens (tertiary/aromatic N) is 3. The lowest BCUT2D eigenvalue weighted by Crippen LogP contribution is -2.14. The van der Waals surface area contributed by atoms with Gasteiger partial charge in [-0.3, -0.25) is 9.48 Å². The molecule has 26 heavy (non-hydrogen) atoms. The summed E-state index contributed by atoms with van der Waals surface area (Å²) in [6.45, 7) is 0.188. The topological polar surface area (TPSA) is 125 Å². The van der Waals surface area contributed by atoms with E-state index in [1.165, 1.54) is 6.21 Å². The third kappa shape index (κ3) is 2.89. The van der Waals surface area contributed by atoms with Gasteiger partial charge in [-0.15, -0.1) is 0 Å². The van der Waals surface area contributed by atoms with Gasteiger partial charge in [0.15, 0.2) is 0 Å². The monoisotopic (exact) mass is 371 g/mol. The maximum atomic E-state index is 12.0. The number of rotatable bonds is 5. The number of aromatic amines is 1. The molecule has 5 N–H and O–H groups in total. The normalized spacial score (nSPS) is 12.2. The minimum atomic E-state index is -0.284. The summed E-state index contributed by atoms with van der Waals surface area (Å²) in [5.74, 6) is 0. The molecule has 3 rings (SSSR count). The average Bonchev–Trinajstić information content (AvgIpc) is 2.98. The second-order valence-corrected chi connectivity index (χ2v) is 5.98. The highest BCUT2D eigenvalue weighted by atomic mass is 35.5. The summed E-state index contributed by atoms with van der Waals surface area (Å²) in [5.41, 5.74) is 8.71. The number of nitrogens with two attached hydrogens (primary N) is 1. The molecule has 0 radical (unpaired) electrons. The molecular weight excluding hydrogens is 354 g/mol. The van der Waals surface area contributed by atoms with Crippen molar-refractivity contribution in [2.45, 2.75) is 6.54 Å². The van der Waals surface area contributed by atoms with Gasteiger partial charge in [-0.1, -0.05) is 17.7 Å². The van der Waals surface area contributed by atoms with Crippen LogP contribution in [0.1, 0.15) is 16.8 Å². The fraction of sp³-hybridized carbons (Fsp3) is 0.176. The van der Waals surface area contributed by atoms with Crippen molar-refractivity contribution in [3.8, 4) is 0 Å². The highest BCUT2D eigenvalue weighted by Gasteiger charge is 2.16. The van der Waals surface area contributed by atoms with E-state index < -0.39 is 0 Å². The Balaban J connectivity index is 2.29. The molecule has 9 heteroatoms. The van der Waals surface area contributed by atoms with Crippen LogP contribution in [0.4, 0.5) is 0 Å². The molecule has 134 valence electrons. The van der Waals surface area contributed by atoms with E-state index in [1.54, 1.807) is 37.1 Å². The van der Waals surface area contributed by atoms with Crippen molar-refractivity contribution in [1.82, 2.24) is 25.3 Å². The van der Waals surface area contributed by atoms with Crippen LogP contribution in [-0.4, -0.2) is 33.2 Å². The van der Waals surface area contributed by atoms with Crippen LogP contribution in [0.15, 0.2) is 29.2 Å². The number of nitrogens with one attached hydrogen (secondary N) is 3. The van der Waals surface area contributed by atoms with Gasteiger partial charge in [-0.25, -0.2) is 5.10 Å². The van der Waals surface area contributed by atoms with Gasteiger partial charge >= 0.3 is 0 Å². The largest absolute Gasteiger partial charge is 0.387 e. The van der Waals surface area contributed by atoms with Crippen molar-refractivity contribution in [1.29, 1.82) is 5.41 Å². The third-order valence-electron chi connectivity index (χ3n) is 4.17. The first-order chi connectivity index (χ1) is 12.5. The van der Waals surface area contributed by atoms with E-state index in [1.807, 2.05) is 6.07 Å². The number of halogens is 1. The molecule has 0 bridgehead atoms. The summed E-state index contributed by atoms with van der Waals surface area (Å²) in [7, 11) is 3.49. The van der Waals surface area contributed by atoms with Gasteiger partial charge in [0.05, 0.1) is 28.5 Å². The molecular formula is C17H18ClN7O. The molecule has 2 aromatic heterocycles. The van der Waals surface area contributed by atoms with Gasteiger partial charge < -0.3 is 16.5 Å². The predicted molar refractivity (Wildman–Crippen MR) is 103 cm³/mol. The van der Waals surface area contributed by atoms with E-state index in [0.29, 0.717) is 38.5 Å². The highest BCUT2D eigenvalue weighted by Crippen LogP contribution is 2.29. The number of allylic oxidation sites excluding steroid dienone is 1. The van der Waals surface area contributed by atoms with E-state index in [4.69, 9.17) is 22.7 Å². The van der Waals surface area contributed by atoms with Gasteiger partial charge in [0.25, 0.3) is 5.56 Å². The molecule has 0 spiro atoms. The number of hydrogen-bond donors (Lipinski definition) is 4. The molecule has 0 aliphatic carbocycles. The van der Waals surface area contributed by atoms with Crippen LogP contribution in [0.2, 0.25) is 5.15 Å². The molecule has 0 aliphatic rings. The zero-order valence-corrected chi connectivity index (χ0v) is 15.1. The lowest BCUT2D eigenvalue weighted by molar-refractivity contribution is 0.768. The number of fused-ring (bicyclic) bond motifs is 1. The van der Waals surface area contributed by atoms with Crippen molar-refractivity contribution < 1.29 is 0 Å². The van der Waals surface area contributed by atoms with Crippen LogP contribution in [0.3, 0.4) is 0 Å². The van der Waals surface area contributed by atoms with E-state index >= 15 is 0 Å². The smallest absolute Gasteiger partial charge is 0.272 e. The Morgan fingerprint density at radius 2 is 2.23 bits per heavy atom. The van der Waals surface area contributed by atoms with Crippen LogP contribution < -0.4 is 16.6 Å². The maximum Gasteiger partial charge on any atom is 0.272 e. The maximum absolute atomic E-state index is 12.0. The van der Waals surface area contributed by atoms with Gasteiger partial charge in [0.1, 0.15) is 5.15 Å². The molecule has 8 nitrogen and oxygen atoms in total. The quantitative estimate of drug-likeness (QED) is 0.506. The Morgan fingerprint density at radius 1 is 1.46 bits per heavy atom. The second kappa shape index (κ2) is 7.11. The molecule has 0 fully saturated rings. The highest BCUT2D eigenvalue weighted by molar-refractivity contribution is 6.32. The van der Waals surface area contributed by atoms with Crippen LogP contribution in [0, 0.1) is 5.41 Å². The van der Waals surface area contributed by atoms with Crippen LogP contribution in [0.5, 0.6) is 0 Å². The lowest BCUT2D eigenvalue weighted by Gasteiger charge is -2.13. The minimum Gasteiger partial charge on any atom is -0.387 e. The average molecular weight is 372 g/mol. The number of hydrogen-bond acceptors (Lipinski definition) is 6. The summed E-state index contributed by atoms with van der Waals surface area (Å²) >= 11 is 6.31.